The standard InChI is InChI=1S/C22H29FN2S2/c1-2-3-4-5-6-7-8-9-10-11-12-17-13-14-26-22(17)18-15-20-21(16-19(18)23)25-27-24-20/h13-16H,2-12H2,1H3. The molecule has 5 heteroatoms. The van der Waals surface area contributed by atoms with Crippen LogP contribution >= 0.6 is 23.1 Å². The lowest BCUT2D eigenvalue weighted by molar-refractivity contribution is 0.556. The molecule has 0 unspecified atom stereocenters. The number of fused-ring (bicyclic) bond motifs is 1. The second-order valence-electron chi connectivity index (χ2n) is 7.29. The van der Waals surface area contributed by atoms with Gasteiger partial charge in [-0.25, -0.2) is 4.39 Å². The van der Waals surface area contributed by atoms with Gasteiger partial charge in [0.1, 0.15) is 16.9 Å². The van der Waals surface area contributed by atoms with Crippen LogP contribution in [-0.2, 0) is 6.42 Å². The fraction of sp³-hybridized carbons (Fsp3) is 0.545. The summed E-state index contributed by atoms with van der Waals surface area (Å²) in [6.45, 7) is 2.27. The van der Waals surface area contributed by atoms with Gasteiger partial charge in [0.2, 0.25) is 0 Å². The number of benzene rings is 1. The molecule has 0 radical (unpaired) electrons. The predicted molar refractivity (Wildman–Crippen MR) is 116 cm³/mol. The van der Waals surface area contributed by atoms with Crippen molar-refractivity contribution in [1.29, 1.82) is 0 Å². The molecule has 0 aliphatic heterocycles. The van der Waals surface area contributed by atoms with Gasteiger partial charge in [-0.3, -0.25) is 0 Å². The zero-order chi connectivity index (χ0) is 18.9. The van der Waals surface area contributed by atoms with E-state index >= 15 is 0 Å². The number of thiophene rings is 1. The fourth-order valence-corrected chi connectivity index (χ4v) is 5.03. The van der Waals surface area contributed by atoms with Crippen molar-refractivity contribution in [2.24, 2.45) is 0 Å². The maximum absolute atomic E-state index is 14.5. The van der Waals surface area contributed by atoms with Crippen LogP contribution in [0.2, 0.25) is 0 Å². The molecule has 0 aliphatic carbocycles. The predicted octanol–water partition coefficient (Wildman–Crippen LogP) is 8.02. The molecule has 0 fully saturated rings. The van der Waals surface area contributed by atoms with E-state index < -0.39 is 0 Å². The zero-order valence-corrected chi connectivity index (χ0v) is 17.8. The first-order valence-corrected chi connectivity index (χ1v) is 11.9. The summed E-state index contributed by atoms with van der Waals surface area (Å²) in [6, 6.07) is 5.51. The van der Waals surface area contributed by atoms with Gasteiger partial charge in [0, 0.05) is 16.5 Å². The Morgan fingerprint density at radius 2 is 1.48 bits per heavy atom. The fourth-order valence-electron chi connectivity index (χ4n) is 3.55. The summed E-state index contributed by atoms with van der Waals surface area (Å²) < 4.78 is 22.9. The lowest BCUT2D eigenvalue weighted by Gasteiger charge is -2.06. The van der Waals surface area contributed by atoms with Gasteiger partial charge in [0.25, 0.3) is 0 Å². The van der Waals surface area contributed by atoms with Crippen molar-refractivity contribution in [1.82, 2.24) is 8.75 Å². The molecule has 0 saturated heterocycles. The number of nitrogens with zero attached hydrogens (tertiary/aromatic N) is 2. The van der Waals surface area contributed by atoms with E-state index in [2.05, 4.69) is 27.1 Å². The van der Waals surface area contributed by atoms with Gasteiger partial charge < -0.3 is 0 Å². The highest BCUT2D eigenvalue weighted by Crippen LogP contribution is 2.34. The molecule has 0 bridgehead atoms. The molecular formula is C22H29FN2S2. The molecule has 27 heavy (non-hydrogen) atoms. The third-order valence-electron chi connectivity index (χ3n) is 5.13. The number of hydrogen-bond donors (Lipinski definition) is 0. The van der Waals surface area contributed by atoms with E-state index in [4.69, 9.17) is 0 Å². The highest BCUT2D eigenvalue weighted by Gasteiger charge is 2.14. The van der Waals surface area contributed by atoms with Gasteiger partial charge in [-0.05, 0) is 35.9 Å². The molecule has 0 spiro atoms. The number of hydrogen-bond acceptors (Lipinski definition) is 4. The normalized spacial score (nSPS) is 11.5. The Morgan fingerprint density at radius 1 is 0.852 bits per heavy atom. The van der Waals surface area contributed by atoms with Gasteiger partial charge >= 0.3 is 0 Å². The van der Waals surface area contributed by atoms with Crippen LogP contribution < -0.4 is 0 Å². The van der Waals surface area contributed by atoms with E-state index in [0.29, 0.717) is 11.1 Å². The second kappa shape index (κ2) is 10.9. The summed E-state index contributed by atoms with van der Waals surface area (Å²) in [7, 11) is 0. The quantitative estimate of drug-likeness (QED) is 0.286. The third kappa shape index (κ3) is 5.82. The van der Waals surface area contributed by atoms with Crippen molar-refractivity contribution in [3.8, 4) is 10.4 Å². The van der Waals surface area contributed by atoms with Gasteiger partial charge in [-0.2, -0.15) is 8.75 Å². The number of rotatable bonds is 12. The highest BCUT2D eigenvalue weighted by atomic mass is 32.1. The minimum absolute atomic E-state index is 0.193. The minimum Gasteiger partial charge on any atom is -0.206 e. The molecule has 3 aromatic rings. The second-order valence-corrected chi connectivity index (χ2v) is 8.74. The largest absolute Gasteiger partial charge is 0.206 e. The number of aromatic nitrogens is 2. The summed E-state index contributed by atoms with van der Waals surface area (Å²) in [4.78, 5) is 1.05. The van der Waals surface area contributed by atoms with E-state index in [1.807, 2.05) is 6.07 Å². The maximum atomic E-state index is 14.5. The van der Waals surface area contributed by atoms with Crippen LogP contribution in [0.5, 0.6) is 0 Å². The van der Waals surface area contributed by atoms with Crippen LogP contribution in [0, 0.1) is 5.82 Å². The molecule has 2 aromatic heterocycles. The Labute approximate surface area is 170 Å². The SMILES string of the molecule is CCCCCCCCCCCCc1ccsc1-c1cc2nsnc2cc1F. The van der Waals surface area contributed by atoms with E-state index in [-0.39, 0.29) is 5.82 Å². The molecule has 0 N–H and O–H groups in total. The third-order valence-corrected chi connectivity index (χ3v) is 6.68. The average molecular weight is 405 g/mol. The molecule has 1 aromatic carbocycles. The Hall–Kier alpha value is -1.33. The van der Waals surface area contributed by atoms with E-state index in [1.165, 1.54) is 75.8 Å². The average Bonchev–Trinajstić information content (AvgIpc) is 3.31. The summed E-state index contributed by atoms with van der Waals surface area (Å²) >= 11 is 2.76. The molecule has 0 atom stereocenters. The minimum atomic E-state index is -0.193. The molecule has 2 heterocycles. The molecule has 0 amide bonds. The van der Waals surface area contributed by atoms with E-state index in [9.17, 15) is 4.39 Å². The van der Waals surface area contributed by atoms with Gasteiger partial charge in [0.15, 0.2) is 0 Å². The Kier molecular flexibility index (Phi) is 8.21. The van der Waals surface area contributed by atoms with Crippen molar-refractivity contribution in [3.63, 3.8) is 0 Å². The lowest BCUT2D eigenvalue weighted by atomic mass is 10.0. The first-order chi connectivity index (χ1) is 13.3. The van der Waals surface area contributed by atoms with Gasteiger partial charge in [0.05, 0.1) is 11.7 Å². The Morgan fingerprint density at radius 3 is 2.19 bits per heavy atom. The summed E-state index contributed by atoms with van der Waals surface area (Å²) in [5, 5.41) is 2.07. The highest BCUT2D eigenvalue weighted by molar-refractivity contribution is 7.13. The van der Waals surface area contributed by atoms with Crippen molar-refractivity contribution < 1.29 is 4.39 Å². The molecular weight excluding hydrogens is 375 g/mol. The zero-order valence-electron chi connectivity index (χ0n) is 16.2. The van der Waals surface area contributed by atoms with Gasteiger partial charge in [-0.15, -0.1) is 11.3 Å². The summed E-state index contributed by atoms with van der Waals surface area (Å²) in [5.41, 5.74) is 3.37. The van der Waals surface area contributed by atoms with Crippen molar-refractivity contribution in [2.75, 3.05) is 0 Å². The monoisotopic (exact) mass is 404 g/mol. The molecule has 3 rings (SSSR count). The van der Waals surface area contributed by atoms with Crippen molar-refractivity contribution in [2.45, 2.75) is 77.6 Å². The maximum Gasteiger partial charge on any atom is 0.134 e. The van der Waals surface area contributed by atoms with Crippen LogP contribution in [0.15, 0.2) is 23.6 Å². The van der Waals surface area contributed by atoms with Gasteiger partial charge in [-0.1, -0.05) is 64.7 Å². The van der Waals surface area contributed by atoms with E-state index in [0.717, 1.165) is 28.5 Å². The first-order valence-electron chi connectivity index (χ1n) is 10.3. The Balaban J connectivity index is 1.44. The van der Waals surface area contributed by atoms with Crippen LogP contribution in [-0.4, -0.2) is 8.75 Å². The Bertz CT molecular complexity index is 825. The van der Waals surface area contributed by atoms with Crippen LogP contribution in [0.3, 0.4) is 0 Å². The summed E-state index contributed by atoms with van der Waals surface area (Å²) in [6.07, 6.45) is 14.4. The van der Waals surface area contributed by atoms with Crippen LogP contribution in [0.25, 0.3) is 21.5 Å². The number of unbranched alkanes of at least 4 members (excludes halogenated alkanes) is 9. The molecule has 2 nitrogen and oxygen atoms in total. The van der Waals surface area contributed by atoms with Crippen LogP contribution in [0.4, 0.5) is 4.39 Å². The molecule has 146 valence electrons. The number of aryl methyl sites for hydroxylation is 1. The number of halogens is 1. The molecule has 0 saturated carbocycles. The van der Waals surface area contributed by atoms with Crippen LogP contribution in [0.1, 0.15) is 76.7 Å². The van der Waals surface area contributed by atoms with E-state index in [1.54, 1.807) is 11.3 Å². The first kappa shape index (κ1) is 20.4. The lowest BCUT2D eigenvalue weighted by Crippen LogP contribution is -1.90. The summed E-state index contributed by atoms with van der Waals surface area (Å²) in [5.74, 6) is -0.193. The van der Waals surface area contributed by atoms with Crippen molar-refractivity contribution >= 4 is 34.1 Å². The topological polar surface area (TPSA) is 25.8 Å². The smallest absolute Gasteiger partial charge is 0.134 e. The molecule has 0 aliphatic rings. The van der Waals surface area contributed by atoms with Crippen molar-refractivity contribution in [3.05, 3.63) is 35.0 Å².